The molecule has 3 aromatic rings. The smallest absolute Gasteiger partial charge is 0.145 e. The van der Waals surface area contributed by atoms with Gasteiger partial charge in [-0.2, -0.15) is 0 Å². The molecule has 0 atom stereocenters. The molecule has 0 amide bonds. The zero-order valence-corrected chi connectivity index (χ0v) is 12.3. The first-order valence-corrected chi connectivity index (χ1v) is 7.09. The van der Waals surface area contributed by atoms with Gasteiger partial charge in [-0.25, -0.2) is 0 Å². The van der Waals surface area contributed by atoms with Crippen LogP contribution < -0.4 is 0 Å². The second-order valence-electron chi connectivity index (χ2n) is 4.93. The Bertz CT molecular complexity index is 784. The molecule has 3 heteroatoms. The van der Waals surface area contributed by atoms with Crippen LogP contribution in [0.15, 0.2) is 81.1 Å². The first-order valence-electron chi connectivity index (χ1n) is 7.09. The first kappa shape index (κ1) is 14.0. The van der Waals surface area contributed by atoms with Crippen LogP contribution >= 0.6 is 0 Å². The molecule has 3 rings (SSSR count). The van der Waals surface area contributed by atoms with Gasteiger partial charge in [0.05, 0.1) is 23.8 Å². The lowest BCUT2D eigenvalue weighted by Gasteiger charge is -1.93. The van der Waals surface area contributed by atoms with E-state index in [-0.39, 0.29) is 0 Å². The lowest BCUT2D eigenvalue weighted by Crippen LogP contribution is -1.76. The standard InChI is InChI=1S/C19H16N2O/c1-15-7-9-17(10-8-15)21-14-19-12-11-18(22-19)13-20-16-5-3-2-4-6-16/h2-14H,1H3. The van der Waals surface area contributed by atoms with Crippen LogP contribution in [-0.4, -0.2) is 12.4 Å². The summed E-state index contributed by atoms with van der Waals surface area (Å²) in [4.78, 5) is 8.74. The van der Waals surface area contributed by atoms with Gasteiger partial charge in [0.2, 0.25) is 0 Å². The van der Waals surface area contributed by atoms with Gasteiger partial charge in [0.1, 0.15) is 11.5 Å². The van der Waals surface area contributed by atoms with Crippen LogP contribution in [0.1, 0.15) is 17.1 Å². The van der Waals surface area contributed by atoms with Crippen molar-refractivity contribution < 1.29 is 4.42 Å². The lowest BCUT2D eigenvalue weighted by molar-refractivity contribution is 0.553. The molecule has 2 aromatic carbocycles. The van der Waals surface area contributed by atoms with Crippen molar-refractivity contribution in [1.82, 2.24) is 0 Å². The zero-order chi connectivity index (χ0) is 15.2. The molecule has 22 heavy (non-hydrogen) atoms. The van der Waals surface area contributed by atoms with E-state index >= 15 is 0 Å². The summed E-state index contributed by atoms with van der Waals surface area (Å²) in [6, 6.07) is 21.5. The summed E-state index contributed by atoms with van der Waals surface area (Å²) in [6.07, 6.45) is 3.42. The second-order valence-corrected chi connectivity index (χ2v) is 4.93. The minimum absolute atomic E-state index is 0.703. The Balaban J connectivity index is 1.68. The fourth-order valence-corrected chi connectivity index (χ4v) is 1.93. The van der Waals surface area contributed by atoms with E-state index in [4.69, 9.17) is 4.42 Å². The van der Waals surface area contributed by atoms with Crippen molar-refractivity contribution in [3.05, 3.63) is 83.8 Å². The molecule has 0 saturated heterocycles. The van der Waals surface area contributed by atoms with Gasteiger partial charge >= 0.3 is 0 Å². The highest BCUT2D eigenvalue weighted by Gasteiger charge is 1.97. The van der Waals surface area contributed by atoms with E-state index in [0.717, 1.165) is 11.4 Å². The van der Waals surface area contributed by atoms with E-state index in [1.165, 1.54) is 5.56 Å². The van der Waals surface area contributed by atoms with Crippen LogP contribution in [-0.2, 0) is 0 Å². The third-order valence-corrected chi connectivity index (χ3v) is 3.12. The molecule has 0 radical (unpaired) electrons. The number of benzene rings is 2. The number of hydrogen-bond donors (Lipinski definition) is 0. The van der Waals surface area contributed by atoms with Crippen molar-refractivity contribution in [2.75, 3.05) is 0 Å². The topological polar surface area (TPSA) is 37.9 Å². The molecule has 0 aliphatic rings. The van der Waals surface area contributed by atoms with E-state index in [0.29, 0.717) is 11.5 Å². The van der Waals surface area contributed by atoms with E-state index in [9.17, 15) is 0 Å². The number of nitrogens with zero attached hydrogens (tertiary/aromatic N) is 2. The Labute approximate surface area is 129 Å². The van der Waals surface area contributed by atoms with E-state index < -0.39 is 0 Å². The largest absolute Gasteiger partial charge is 0.454 e. The highest BCUT2D eigenvalue weighted by Crippen LogP contribution is 2.14. The van der Waals surface area contributed by atoms with Crippen LogP contribution in [0.4, 0.5) is 11.4 Å². The monoisotopic (exact) mass is 288 g/mol. The van der Waals surface area contributed by atoms with Crippen molar-refractivity contribution in [3.8, 4) is 0 Å². The van der Waals surface area contributed by atoms with Gasteiger partial charge < -0.3 is 4.42 Å². The van der Waals surface area contributed by atoms with E-state index in [1.54, 1.807) is 12.4 Å². The summed E-state index contributed by atoms with van der Waals surface area (Å²) in [6.45, 7) is 2.05. The van der Waals surface area contributed by atoms with Gasteiger partial charge in [-0.15, -0.1) is 0 Å². The van der Waals surface area contributed by atoms with Gasteiger partial charge in [0.25, 0.3) is 0 Å². The third-order valence-electron chi connectivity index (χ3n) is 3.12. The van der Waals surface area contributed by atoms with Crippen molar-refractivity contribution in [1.29, 1.82) is 0 Å². The average Bonchev–Trinajstić information content (AvgIpc) is 3.01. The van der Waals surface area contributed by atoms with Crippen molar-refractivity contribution in [2.45, 2.75) is 6.92 Å². The average molecular weight is 288 g/mol. The maximum absolute atomic E-state index is 5.65. The molecule has 0 spiro atoms. The normalized spacial score (nSPS) is 11.5. The van der Waals surface area contributed by atoms with Crippen LogP contribution in [0.25, 0.3) is 0 Å². The molecule has 0 bridgehead atoms. The summed E-state index contributed by atoms with van der Waals surface area (Å²) in [5.41, 5.74) is 3.02. The molecule has 0 aliphatic carbocycles. The van der Waals surface area contributed by atoms with Gasteiger partial charge in [-0.05, 0) is 43.3 Å². The minimum atomic E-state index is 0.703. The van der Waals surface area contributed by atoms with Crippen LogP contribution in [0, 0.1) is 6.92 Å². The molecule has 108 valence electrons. The molecule has 1 aromatic heterocycles. The second kappa shape index (κ2) is 6.68. The maximum Gasteiger partial charge on any atom is 0.145 e. The molecular formula is C19H16N2O. The van der Waals surface area contributed by atoms with Crippen molar-refractivity contribution in [3.63, 3.8) is 0 Å². The maximum atomic E-state index is 5.65. The van der Waals surface area contributed by atoms with E-state index in [1.807, 2.05) is 66.7 Å². The number of para-hydroxylation sites is 1. The van der Waals surface area contributed by atoms with Crippen LogP contribution in [0.3, 0.4) is 0 Å². The Morgan fingerprint density at radius 1 is 0.682 bits per heavy atom. The highest BCUT2D eigenvalue weighted by atomic mass is 16.3. The van der Waals surface area contributed by atoms with Crippen LogP contribution in [0.2, 0.25) is 0 Å². The molecule has 0 fully saturated rings. The summed E-state index contributed by atoms with van der Waals surface area (Å²) in [5, 5.41) is 0. The molecular weight excluding hydrogens is 272 g/mol. The number of aliphatic imine (C=N–C) groups is 2. The minimum Gasteiger partial charge on any atom is -0.454 e. The molecule has 0 unspecified atom stereocenters. The van der Waals surface area contributed by atoms with Gasteiger partial charge in [0.15, 0.2) is 0 Å². The van der Waals surface area contributed by atoms with Gasteiger partial charge in [0, 0.05) is 0 Å². The summed E-state index contributed by atoms with van der Waals surface area (Å²) in [7, 11) is 0. The molecule has 0 N–H and O–H groups in total. The highest BCUT2D eigenvalue weighted by molar-refractivity contribution is 5.83. The van der Waals surface area contributed by atoms with Gasteiger partial charge in [-0.1, -0.05) is 35.9 Å². The number of hydrogen-bond acceptors (Lipinski definition) is 3. The molecule has 0 saturated carbocycles. The molecule has 3 nitrogen and oxygen atoms in total. The Hall–Kier alpha value is -2.94. The number of furan rings is 1. The number of rotatable bonds is 4. The van der Waals surface area contributed by atoms with Gasteiger partial charge in [-0.3, -0.25) is 9.98 Å². The fraction of sp³-hybridized carbons (Fsp3) is 0.0526. The SMILES string of the molecule is Cc1ccc(N=Cc2ccc(C=Nc3ccccc3)o2)cc1. The molecule has 1 heterocycles. The summed E-state index contributed by atoms with van der Waals surface area (Å²) >= 11 is 0. The zero-order valence-electron chi connectivity index (χ0n) is 12.3. The number of aryl methyl sites for hydroxylation is 1. The lowest BCUT2D eigenvalue weighted by atomic mass is 10.2. The first-order chi connectivity index (χ1) is 10.8. The van der Waals surface area contributed by atoms with Crippen molar-refractivity contribution >= 4 is 23.8 Å². The molecule has 0 aliphatic heterocycles. The Morgan fingerprint density at radius 2 is 1.23 bits per heavy atom. The Morgan fingerprint density at radius 3 is 1.82 bits per heavy atom. The predicted octanol–water partition coefficient (Wildman–Crippen LogP) is 5.09. The summed E-state index contributed by atoms with van der Waals surface area (Å²) < 4.78 is 5.65. The van der Waals surface area contributed by atoms with E-state index in [2.05, 4.69) is 16.9 Å². The predicted molar refractivity (Wildman–Crippen MR) is 90.8 cm³/mol. The quantitative estimate of drug-likeness (QED) is 0.616. The van der Waals surface area contributed by atoms with Crippen molar-refractivity contribution in [2.24, 2.45) is 9.98 Å². The fourth-order valence-electron chi connectivity index (χ4n) is 1.93. The summed E-state index contributed by atoms with van der Waals surface area (Å²) in [5.74, 6) is 1.41. The third kappa shape index (κ3) is 3.79. The van der Waals surface area contributed by atoms with Crippen LogP contribution in [0.5, 0.6) is 0 Å². The Kier molecular flexibility index (Phi) is 4.25.